The summed E-state index contributed by atoms with van der Waals surface area (Å²) in [5, 5.41) is 14.7. The number of H-pyrrole nitrogens is 1. The zero-order valence-electron chi connectivity index (χ0n) is 15.8. The van der Waals surface area contributed by atoms with Crippen molar-refractivity contribution in [3.63, 3.8) is 0 Å². The number of anilines is 2. The second-order valence-corrected chi connectivity index (χ2v) is 8.58. The summed E-state index contributed by atoms with van der Waals surface area (Å²) in [5.41, 5.74) is 5.63. The lowest BCUT2D eigenvalue weighted by Crippen LogP contribution is -2.21. The van der Waals surface area contributed by atoms with E-state index in [1.165, 1.54) is 28.8 Å². The average Bonchev–Trinajstić information content (AvgIpc) is 3.35. The van der Waals surface area contributed by atoms with Crippen LogP contribution in [0.25, 0.3) is 6.08 Å². The number of oxazole rings is 1. The van der Waals surface area contributed by atoms with Gasteiger partial charge in [0.05, 0.1) is 10.6 Å². The van der Waals surface area contributed by atoms with E-state index >= 15 is 0 Å². The Bertz CT molecular complexity index is 1220. The number of thiophene rings is 1. The van der Waals surface area contributed by atoms with Crippen molar-refractivity contribution in [2.45, 2.75) is 18.7 Å². The van der Waals surface area contributed by atoms with Crippen LogP contribution in [0.3, 0.4) is 0 Å². The minimum absolute atomic E-state index is 0.141. The summed E-state index contributed by atoms with van der Waals surface area (Å²) in [5.74, 6) is -0.216. The van der Waals surface area contributed by atoms with Crippen LogP contribution in [0.2, 0.25) is 0 Å². The third kappa shape index (κ3) is 4.39. The van der Waals surface area contributed by atoms with Crippen molar-refractivity contribution in [3.8, 4) is 5.95 Å². The smallest absolute Gasteiger partial charge is 0.309 e. The van der Waals surface area contributed by atoms with Gasteiger partial charge >= 0.3 is 5.95 Å². The molecule has 0 fully saturated rings. The number of amidine groups is 1. The second-order valence-electron chi connectivity index (χ2n) is 6.14. The van der Waals surface area contributed by atoms with Crippen LogP contribution in [0.4, 0.5) is 11.4 Å². The molecule has 0 atom stereocenters. The van der Waals surface area contributed by atoms with Crippen molar-refractivity contribution in [1.82, 2.24) is 4.98 Å². The lowest BCUT2D eigenvalue weighted by molar-refractivity contribution is 0.326. The van der Waals surface area contributed by atoms with Gasteiger partial charge in [-0.15, -0.1) is 16.4 Å². The molecular weight excluding hydrogens is 426 g/mol. The first-order valence-corrected chi connectivity index (χ1v) is 11.1. The predicted octanol–water partition coefficient (Wildman–Crippen LogP) is 3.89. The maximum atomic E-state index is 9.69. The topological polar surface area (TPSA) is 89.1 Å². The zero-order valence-corrected chi connectivity index (χ0v) is 18.2. The highest BCUT2D eigenvalue weighted by atomic mass is 32.2. The summed E-state index contributed by atoms with van der Waals surface area (Å²) in [6.07, 6.45) is 1.78. The van der Waals surface area contributed by atoms with Crippen LogP contribution in [0.15, 0.2) is 49.7 Å². The highest BCUT2D eigenvalue weighted by molar-refractivity contribution is 8.14. The summed E-state index contributed by atoms with van der Waals surface area (Å²) >= 11 is 7.88. The molecular formula is C19H19N5O2S3. The molecule has 1 aliphatic heterocycles. The molecule has 3 heterocycles. The Hall–Kier alpha value is -2.56. The number of nitrogens with zero attached hydrogens (tertiary/aromatic N) is 3. The molecule has 29 heavy (non-hydrogen) atoms. The summed E-state index contributed by atoms with van der Waals surface area (Å²) in [7, 11) is 0. The molecule has 0 radical (unpaired) electrons. The Morgan fingerprint density at radius 2 is 2.07 bits per heavy atom. The van der Waals surface area contributed by atoms with Gasteiger partial charge in [0.2, 0.25) is 5.17 Å². The van der Waals surface area contributed by atoms with Crippen LogP contribution in [0, 0.1) is 4.84 Å². The Morgan fingerprint density at radius 3 is 2.69 bits per heavy atom. The number of aromatic amines is 1. The standard InChI is InChI=1S/C19H19N5O2S3/c1-3-24(4-2)12-7-5-11(6-8-12)22-23-18-21-16-15(29-18)10-13(28-16)9-14-17(25)26-19(27)20-14/h5-10,22,25H,3-4H2,1-2H3,(H,20,27). The SMILES string of the molecule is CCN(CC)c1ccc(NN=C2N=c3sc(=Cc4[nH]c(=S)oc4O)cc3S2)cc1. The van der Waals surface area contributed by atoms with Gasteiger partial charge in [0.15, 0.2) is 0 Å². The molecule has 3 aromatic rings. The van der Waals surface area contributed by atoms with Gasteiger partial charge in [0.1, 0.15) is 10.4 Å². The first-order valence-electron chi connectivity index (χ1n) is 9.04. The van der Waals surface area contributed by atoms with E-state index in [1.807, 2.05) is 18.2 Å². The fourth-order valence-electron chi connectivity index (χ4n) is 2.88. The number of aromatic nitrogens is 1. The minimum atomic E-state index is -0.216. The van der Waals surface area contributed by atoms with E-state index in [1.54, 1.807) is 6.08 Å². The summed E-state index contributed by atoms with van der Waals surface area (Å²) in [6.45, 7) is 6.26. The fraction of sp³-hybridized carbons (Fsp3) is 0.211. The van der Waals surface area contributed by atoms with E-state index in [9.17, 15) is 5.11 Å². The van der Waals surface area contributed by atoms with Crippen molar-refractivity contribution in [3.05, 3.63) is 50.1 Å². The zero-order chi connectivity index (χ0) is 20.4. The Kier molecular flexibility index (Phi) is 5.74. The van der Waals surface area contributed by atoms with Crippen molar-refractivity contribution in [1.29, 1.82) is 0 Å². The van der Waals surface area contributed by atoms with Crippen molar-refractivity contribution in [2.75, 3.05) is 23.4 Å². The van der Waals surface area contributed by atoms with E-state index in [0.717, 1.165) is 32.9 Å². The number of benzene rings is 1. The summed E-state index contributed by atoms with van der Waals surface area (Å²) in [6, 6.07) is 10.2. The highest BCUT2D eigenvalue weighted by Crippen LogP contribution is 2.23. The molecule has 0 unspecified atom stereocenters. The first kappa shape index (κ1) is 19.7. The quantitative estimate of drug-likeness (QED) is 0.394. The van der Waals surface area contributed by atoms with E-state index in [2.05, 4.69) is 51.4 Å². The maximum Gasteiger partial charge on any atom is 0.309 e. The van der Waals surface area contributed by atoms with Crippen LogP contribution < -0.4 is 19.5 Å². The van der Waals surface area contributed by atoms with Crippen molar-refractivity contribution < 1.29 is 9.52 Å². The number of nitrogens with one attached hydrogen (secondary N) is 2. The third-order valence-electron chi connectivity index (χ3n) is 4.32. The van der Waals surface area contributed by atoms with Crippen LogP contribution in [-0.2, 0) is 0 Å². The number of rotatable bonds is 6. The van der Waals surface area contributed by atoms with Gasteiger partial charge in [-0.1, -0.05) is 0 Å². The molecule has 2 aromatic heterocycles. The van der Waals surface area contributed by atoms with Crippen molar-refractivity contribution in [2.24, 2.45) is 10.1 Å². The number of thioether (sulfide) groups is 1. The second kappa shape index (κ2) is 8.44. The van der Waals surface area contributed by atoms with E-state index in [-0.39, 0.29) is 10.8 Å². The maximum absolute atomic E-state index is 9.69. The van der Waals surface area contributed by atoms with Crippen LogP contribution in [0.1, 0.15) is 19.5 Å². The molecule has 0 spiro atoms. The van der Waals surface area contributed by atoms with Gasteiger partial charge in [-0.3, -0.25) is 5.43 Å². The molecule has 1 aromatic carbocycles. The van der Waals surface area contributed by atoms with Gasteiger partial charge in [-0.25, -0.2) is 4.99 Å². The molecule has 0 amide bonds. The predicted molar refractivity (Wildman–Crippen MR) is 121 cm³/mol. The monoisotopic (exact) mass is 445 g/mol. The van der Waals surface area contributed by atoms with E-state index < -0.39 is 0 Å². The fourth-order valence-corrected chi connectivity index (χ4v) is 5.06. The normalized spacial score (nSPS) is 14.8. The van der Waals surface area contributed by atoms with Gasteiger partial charge in [-0.05, 0) is 74.2 Å². The van der Waals surface area contributed by atoms with Gasteiger partial charge in [0.25, 0.3) is 4.84 Å². The lowest BCUT2D eigenvalue weighted by Gasteiger charge is -2.21. The van der Waals surface area contributed by atoms with Gasteiger partial charge < -0.3 is 19.4 Å². The van der Waals surface area contributed by atoms with Gasteiger partial charge in [-0.2, -0.15) is 0 Å². The number of hydrogen-bond acceptors (Lipinski definition) is 8. The molecule has 4 rings (SSSR count). The Labute approximate surface area is 180 Å². The summed E-state index contributed by atoms with van der Waals surface area (Å²) < 4.78 is 6.74. The van der Waals surface area contributed by atoms with Crippen LogP contribution in [0.5, 0.6) is 5.95 Å². The highest BCUT2D eigenvalue weighted by Gasteiger charge is 2.15. The third-order valence-corrected chi connectivity index (χ3v) is 6.50. The van der Waals surface area contributed by atoms with Crippen LogP contribution in [-0.4, -0.2) is 28.3 Å². The molecule has 3 N–H and O–H groups in total. The molecule has 0 bridgehead atoms. The van der Waals surface area contributed by atoms with Gasteiger partial charge in [0, 0.05) is 23.3 Å². The minimum Gasteiger partial charge on any atom is -0.479 e. The number of hydrogen-bond donors (Lipinski definition) is 3. The molecule has 7 nitrogen and oxygen atoms in total. The largest absolute Gasteiger partial charge is 0.479 e. The molecule has 0 saturated heterocycles. The molecule has 1 aliphatic rings. The van der Waals surface area contributed by atoms with E-state index in [0.29, 0.717) is 10.9 Å². The number of aromatic hydroxyl groups is 1. The van der Waals surface area contributed by atoms with E-state index in [4.69, 9.17) is 16.6 Å². The molecule has 0 saturated carbocycles. The molecule has 10 heteroatoms. The lowest BCUT2D eigenvalue weighted by atomic mass is 10.2. The average molecular weight is 446 g/mol. The number of fused-ring (bicyclic) bond motifs is 1. The molecule has 150 valence electrons. The number of hydrazone groups is 1. The summed E-state index contributed by atoms with van der Waals surface area (Å²) in [4.78, 5) is 10.8. The Balaban J connectivity index is 1.48. The van der Waals surface area contributed by atoms with Crippen LogP contribution >= 0.6 is 35.3 Å². The van der Waals surface area contributed by atoms with Crippen molar-refractivity contribution >= 4 is 57.9 Å². The Morgan fingerprint density at radius 1 is 1.31 bits per heavy atom. The first-order chi connectivity index (χ1) is 14.1. The molecule has 0 aliphatic carbocycles.